The molecule has 1 aromatic rings. The number of carbonyl (C=O) groups is 2. The molecule has 0 N–H and O–H groups in total. The predicted molar refractivity (Wildman–Crippen MR) is 90.2 cm³/mol. The topological polar surface area (TPSA) is 40.6 Å². The highest BCUT2D eigenvalue weighted by atomic mass is 35.5. The van der Waals surface area contributed by atoms with Crippen LogP contribution in [0.1, 0.15) is 37.2 Å². The van der Waals surface area contributed by atoms with Gasteiger partial charge in [0.2, 0.25) is 5.91 Å². The molecule has 23 heavy (non-hydrogen) atoms. The van der Waals surface area contributed by atoms with Crippen LogP contribution >= 0.6 is 23.2 Å². The molecule has 0 saturated heterocycles. The van der Waals surface area contributed by atoms with Crippen molar-refractivity contribution in [3.8, 4) is 0 Å². The Labute approximate surface area is 145 Å². The summed E-state index contributed by atoms with van der Waals surface area (Å²) in [5.74, 6) is -0.113. The number of amides is 1. The van der Waals surface area contributed by atoms with E-state index in [0.717, 1.165) is 29.7 Å². The van der Waals surface area contributed by atoms with Crippen LogP contribution in [0.25, 0.3) is 0 Å². The number of hydrogen-bond acceptors (Lipinski definition) is 3. The molecule has 1 amide bonds. The number of nitrogens with zero attached hydrogens (tertiary/aromatic N) is 2. The van der Waals surface area contributed by atoms with Gasteiger partial charge in [-0.05, 0) is 30.5 Å². The van der Waals surface area contributed by atoms with Crippen molar-refractivity contribution < 1.29 is 9.59 Å². The molecule has 3 rings (SSSR count). The van der Waals surface area contributed by atoms with Gasteiger partial charge in [0.25, 0.3) is 0 Å². The van der Waals surface area contributed by atoms with E-state index in [1.165, 1.54) is 0 Å². The summed E-state index contributed by atoms with van der Waals surface area (Å²) >= 11 is 12.1. The van der Waals surface area contributed by atoms with E-state index in [4.69, 9.17) is 23.2 Å². The summed E-state index contributed by atoms with van der Waals surface area (Å²) in [6.45, 7) is 0. The summed E-state index contributed by atoms with van der Waals surface area (Å²) in [5.41, 5.74) is 2.45. The van der Waals surface area contributed by atoms with Crippen molar-refractivity contribution in [3.63, 3.8) is 0 Å². The van der Waals surface area contributed by atoms with Gasteiger partial charge >= 0.3 is 0 Å². The molecular formula is C17H18Cl2N2O2. The number of carbonyl (C=O) groups excluding carboxylic acids is 2. The summed E-state index contributed by atoms with van der Waals surface area (Å²) in [6, 6.07) is 5.33. The zero-order chi connectivity index (χ0) is 16.7. The second-order valence-electron chi connectivity index (χ2n) is 6.12. The van der Waals surface area contributed by atoms with Gasteiger partial charge in [0.15, 0.2) is 5.78 Å². The molecule has 0 fully saturated rings. The lowest BCUT2D eigenvalue weighted by Gasteiger charge is -2.41. The molecular weight excluding hydrogens is 335 g/mol. The number of Topliss-reactive ketones (excluding diaryl/α,β-unsaturated/α-hetero) is 1. The van der Waals surface area contributed by atoms with Crippen molar-refractivity contribution in [3.05, 3.63) is 45.1 Å². The third-order valence-corrected chi connectivity index (χ3v) is 5.13. The molecule has 0 spiro atoms. The van der Waals surface area contributed by atoms with Gasteiger partial charge in [0, 0.05) is 44.1 Å². The first-order valence-electron chi connectivity index (χ1n) is 7.61. The van der Waals surface area contributed by atoms with E-state index in [-0.39, 0.29) is 24.0 Å². The average molecular weight is 353 g/mol. The van der Waals surface area contributed by atoms with Gasteiger partial charge in [-0.25, -0.2) is 10.0 Å². The van der Waals surface area contributed by atoms with Gasteiger partial charge in [-0.3, -0.25) is 9.59 Å². The van der Waals surface area contributed by atoms with E-state index in [1.54, 1.807) is 22.2 Å². The Hall–Kier alpha value is -1.36. The second kappa shape index (κ2) is 6.27. The van der Waals surface area contributed by atoms with Crippen LogP contribution in [-0.2, 0) is 9.59 Å². The van der Waals surface area contributed by atoms with Crippen LogP contribution in [0.5, 0.6) is 0 Å². The quantitative estimate of drug-likeness (QED) is 0.812. The van der Waals surface area contributed by atoms with Gasteiger partial charge in [-0.15, -0.1) is 0 Å². The Morgan fingerprint density at radius 2 is 1.87 bits per heavy atom. The van der Waals surface area contributed by atoms with Crippen molar-refractivity contribution in [1.82, 2.24) is 10.0 Å². The fraction of sp³-hybridized carbons (Fsp3) is 0.412. The predicted octanol–water partition coefficient (Wildman–Crippen LogP) is 3.79. The maximum Gasteiger partial charge on any atom is 0.242 e. The monoisotopic (exact) mass is 352 g/mol. The van der Waals surface area contributed by atoms with Crippen molar-refractivity contribution >= 4 is 34.9 Å². The smallest absolute Gasteiger partial charge is 0.242 e. The molecule has 1 atom stereocenters. The summed E-state index contributed by atoms with van der Waals surface area (Å²) in [6.07, 6.45) is 2.32. The number of benzene rings is 1. The molecule has 1 unspecified atom stereocenters. The lowest BCUT2D eigenvalue weighted by Crippen LogP contribution is -2.47. The number of rotatable bonds is 2. The summed E-state index contributed by atoms with van der Waals surface area (Å²) in [5, 5.41) is 4.30. The summed E-state index contributed by atoms with van der Waals surface area (Å²) < 4.78 is 0. The molecule has 0 radical (unpaired) electrons. The lowest BCUT2D eigenvalue weighted by atomic mass is 9.77. The zero-order valence-electron chi connectivity index (χ0n) is 13.1. The maximum atomic E-state index is 12.6. The highest BCUT2D eigenvalue weighted by Crippen LogP contribution is 2.42. The van der Waals surface area contributed by atoms with E-state index < -0.39 is 0 Å². The van der Waals surface area contributed by atoms with Gasteiger partial charge in [-0.1, -0.05) is 29.3 Å². The standard InChI is InChI=1S/C17H18Cl2N2O2/c1-20(2)21-14-4-3-5-15(22)17(14)11(9-16(21)23)10-6-7-12(18)13(19)8-10/h6-8,11H,3-5,9H2,1-2H3. The summed E-state index contributed by atoms with van der Waals surface area (Å²) in [4.78, 5) is 25.2. The van der Waals surface area contributed by atoms with E-state index >= 15 is 0 Å². The number of hydrazine groups is 1. The minimum atomic E-state index is -0.240. The minimum absolute atomic E-state index is 0.000442. The average Bonchev–Trinajstić information content (AvgIpc) is 2.49. The van der Waals surface area contributed by atoms with Crippen molar-refractivity contribution in [1.29, 1.82) is 0 Å². The van der Waals surface area contributed by atoms with E-state index in [9.17, 15) is 9.59 Å². The van der Waals surface area contributed by atoms with Crippen LogP contribution in [0.2, 0.25) is 10.0 Å². The molecule has 0 bridgehead atoms. The molecule has 0 saturated carbocycles. The van der Waals surface area contributed by atoms with Crippen LogP contribution in [0.4, 0.5) is 0 Å². The van der Waals surface area contributed by atoms with Gasteiger partial charge < -0.3 is 0 Å². The fourth-order valence-corrected chi connectivity index (χ4v) is 3.76. The number of ketones is 1. The van der Waals surface area contributed by atoms with Gasteiger partial charge in [0.1, 0.15) is 0 Å². The van der Waals surface area contributed by atoms with Crippen molar-refractivity contribution in [2.24, 2.45) is 0 Å². The highest BCUT2D eigenvalue weighted by Gasteiger charge is 2.40. The second-order valence-corrected chi connectivity index (χ2v) is 6.93. The van der Waals surface area contributed by atoms with Crippen molar-refractivity contribution in [2.75, 3.05) is 14.1 Å². The molecule has 122 valence electrons. The third kappa shape index (κ3) is 2.91. The molecule has 1 aliphatic heterocycles. The largest absolute Gasteiger partial charge is 0.294 e. The molecule has 0 aromatic heterocycles. The van der Waals surface area contributed by atoms with Crippen LogP contribution in [0.15, 0.2) is 29.5 Å². The molecule has 1 aromatic carbocycles. The van der Waals surface area contributed by atoms with Gasteiger partial charge in [0.05, 0.1) is 10.0 Å². The minimum Gasteiger partial charge on any atom is -0.294 e. The highest BCUT2D eigenvalue weighted by molar-refractivity contribution is 6.42. The molecule has 4 nitrogen and oxygen atoms in total. The van der Waals surface area contributed by atoms with E-state index in [1.807, 2.05) is 20.2 Å². The summed E-state index contributed by atoms with van der Waals surface area (Å²) in [7, 11) is 3.64. The third-order valence-electron chi connectivity index (χ3n) is 4.39. The first-order chi connectivity index (χ1) is 10.9. The molecule has 2 aliphatic rings. The number of hydrogen-bond donors (Lipinski definition) is 0. The zero-order valence-corrected chi connectivity index (χ0v) is 14.6. The molecule has 6 heteroatoms. The first kappa shape index (κ1) is 16.5. The Morgan fingerprint density at radius 3 is 2.52 bits per heavy atom. The van der Waals surface area contributed by atoms with Crippen LogP contribution < -0.4 is 0 Å². The number of allylic oxidation sites excluding steroid dienone is 2. The maximum absolute atomic E-state index is 12.6. The Kier molecular flexibility index (Phi) is 4.50. The van der Waals surface area contributed by atoms with Gasteiger partial charge in [-0.2, -0.15) is 0 Å². The normalized spacial score (nSPS) is 22.0. The lowest BCUT2D eigenvalue weighted by molar-refractivity contribution is -0.143. The molecule has 1 aliphatic carbocycles. The SMILES string of the molecule is CN(C)N1C(=O)CC(c2ccc(Cl)c(Cl)c2)C2=C1CCCC2=O. The van der Waals surface area contributed by atoms with E-state index in [2.05, 4.69) is 0 Å². The first-order valence-corrected chi connectivity index (χ1v) is 8.37. The van der Waals surface area contributed by atoms with Crippen LogP contribution in [0.3, 0.4) is 0 Å². The Balaban J connectivity index is 2.13. The number of halogens is 2. The fourth-order valence-electron chi connectivity index (χ4n) is 3.45. The van der Waals surface area contributed by atoms with Crippen molar-refractivity contribution in [2.45, 2.75) is 31.6 Å². The molecule has 1 heterocycles. The van der Waals surface area contributed by atoms with Crippen LogP contribution in [-0.4, -0.2) is 35.8 Å². The Bertz CT molecular complexity index is 713. The van der Waals surface area contributed by atoms with Crippen LogP contribution in [0, 0.1) is 0 Å². The Morgan fingerprint density at radius 1 is 1.13 bits per heavy atom. The van der Waals surface area contributed by atoms with E-state index in [0.29, 0.717) is 16.5 Å².